The van der Waals surface area contributed by atoms with Crippen molar-refractivity contribution in [2.24, 2.45) is 7.05 Å². The van der Waals surface area contributed by atoms with Crippen molar-refractivity contribution < 1.29 is 9.32 Å². The van der Waals surface area contributed by atoms with E-state index >= 15 is 0 Å². The van der Waals surface area contributed by atoms with Crippen molar-refractivity contribution in [1.29, 1.82) is 0 Å². The summed E-state index contributed by atoms with van der Waals surface area (Å²) in [4.78, 5) is 16.5. The monoisotopic (exact) mass is 401 g/mol. The Labute approximate surface area is 174 Å². The lowest BCUT2D eigenvalue weighted by Crippen LogP contribution is -2.22. The van der Waals surface area contributed by atoms with Gasteiger partial charge in [0.1, 0.15) is 5.69 Å². The van der Waals surface area contributed by atoms with E-state index in [-0.39, 0.29) is 17.6 Å². The Balaban J connectivity index is 1.53. The number of rotatable bonds is 6. The highest BCUT2D eigenvalue weighted by molar-refractivity contribution is 5.91. The van der Waals surface area contributed by atoms with Crippen LogP contribution in [-0.4, -0.2) is 25.8 Å². The van der Waals surface area contributed by atoms with Gasteiger partial charge in [0.25, 0.3) is 5.91 Å². The topological polar surface area (TPSA) is 85.8 Å². The van der Waals surface area contributed by atoms with Gasteiger partial charge in [-0.25, -0.2) is 0 Å². The molecular weight excluding hydrogens is 378 g/mol. The Kier molecular flexibility index (Phi) is 5.43. The van der Waals surface area contributed by atoms with Gasteiger partial charge in [-0.2, -0.15) is 5.10 Å². The van der Waals surface area contributed by atoms with Crippen LogP contribution in [0.5, 0.6) is 0 Å². The zero-order valence-electron chi connectivity index (χ0n) is 17.2. The minimum Gasteiger partial charge on any atom is -0.351 e. The lowest BCUT2D eigenvalue weighted by molar-refractivity contribution is 0.0914. The number of aryl methyl sites for hydroxylation is 1. The molecule has 4 aromatic rings. The number of nitrogens with one attached hydrogen (secondary N) is 1. The molecule has 0 saturated heterocycles. The summed E-state index contributed by atoms with van der Waals surface area (Å²) in [5.74, 6) is 0.148. The van der Waals surface area contributed by atoms with E-state index in [0.717, 1.165) is 33.6 Å². The molecule has 0 saturated carbocycles. The summed E-state index contributed by atoms with van der Waals surface area (Å²) in [5, 5.41) is 11.5. The molecule has 1 aromatic carbocycles. The number of benzene rings is 1. The number of aromatic nitrogens is 4. The molecular formula is C23H23N5O2. The molecule has 0 aliphatic heterocycles. The summed E-state index contributed by atoms with van der Waals surface area (Å²) in [6.07, 6.45) is 5.54. The van der Waals surface area contributed by atoms with Gasteiger partial charge in [-0.3, -0.25) is 14.5 Å². The SMILES string of the molecule is CC(C)c1cc(C(=O)NCc2cccc(-c3nn(C)cc3-c3ccncc3)c2)on1. The summed E-state index contributed by atoms with van der Waals surface area (Å²) in [6, 6.07) is 13.6. The molecule has 1 amide bonds. The number of hydrogen-bond donors (Lipinski definition) is 1. The van der Waals surface area contributed by atoms with Gasteiger partial charge < -0.3 is 9.84 Å². The van der Waals surface area contributed by atoms with Crippen molar-refractivity contribution >= 4 is 5.91 Å². The van der Waals surface area contributed by atoms with E-state index in [0.29, 0.717) is 6.54 Å². The van der Waals surface area contributed by atoms with Crippen LogP contribution in [-0.2, 0) is 13.6 Å². The van der Waals surface area contributed by atoms with Crippen LogP contribution in [0.1, 0.15) is 41.6 Å². The fourth-order valence-electron chi connectivity index (χ4n) is 3.21. The molecule has 1 N–H and O–H groups in total. The number of nitrogens with zero attached hydrogens (tertiary/aromatic N) is 4. The first-order valence-corrected chi connectivity index (χ1v) is 9.79. The standard InChI is InChI=1S/C23H23N5O2/c1-15(2)20-12-21(30-27-20)23(29)25-13-16-5-4-6-18(11-16)22-19(14-28(3)26-22)17-7-9-24-10-8-17/h4-12,14-15H,13H2,1-3H3,(H,25,29). The Hall–Kier alpha value is -3.74. The smallest absolute Gasteiger partial charge is 0.290 e. The second-order valence-corrected chi connectivity index (χ2v) is 7.45. The van der Waals surface area contributed by atoms with Crippen LogP contribution in [0.15, 0.2) is 65.6 Å². The number of hydrogen-bond acceptors (Lipinski definition) is 5. The predicted octanol–water partition coefficient (Wildman–Crippen LogP) is 4.19. The van der Waals surface area contributed by atoms with Crippen molar-refractivity contribution in [3.8, 4) is 22.4 Å². The van der Waals surface area contributed by atoms with Crippen molar-refractivity contribution in [1.82, 2.24) is 25.2 Å². The fraction of sp³-hybridized carbons (Fsp3) is 0.217. The van der Waals surface area contributed by atoms with E-state index in [9.17, 15) is 4.79 Å². The summed E-state index contributed by atoms with van der Waals surface area (Å²) in [5.41, 5.74) is 5.68. The highest BCUT2D eigenvalue weighted by atomic mass is 16.5. The normalized spacial score (nSPS) is 11.1. The van der Waals surface area contributed by atoms with Crippen LogP contribution in [0.3, 0.4) is 0 Å². The Bertz CT molecular complexity index is 1160. The molecule has 0 aliphatic rings. The van der Waals surface area contributed by atoms with Crippen molar-refractivity contribution in [2.75, 3.05) is 0 Å². The zero-order valence-corrected chi connectivity index (χ0v) is 17.2. The van der Waals surface area contributed by atoms with E-state index in [4.69, 9.17) is 4.52 Å². The van der Waals surface area contributed by atoms with Gasteiger partial charge in [-0.15, -0.1) is 0 Å². The third kappa shape index (κ3) is 4.15. The van der Waals surface area contributed by atoms with Crippen LogP contribution >= 0.6 is 0 Å². The molecule has 30 heavy (non-hydrogen) atoms. The third-order valence-electron chi connectivity index (χ3n) is 4.82. The first-order chi connectivity index (χ1) is 14.5. The Morgan fingerprint density at radius 1 is 1.13 bits per heavy atom. The average molecular weight is 401 g/mol. The molecule has 3 heterocycles. The molecule has 0 fully saturated rings. The number of amides is 1. The predicted molar refractivity (Wildman–Crippen MR) is 114 cm³/mol. The van der Waals surface area contributed by atoms with Gasteiger partial charge in [0.05, 0.1) is 5.69 Å². The summed E-state index contributed by atoms with van der Waals surface area (Å²) < 4.78 is 6.96. The average Bonchev–Trinajstić information content (AvgIpc) is 3.40. The second-order valence-electron chi connectivity index (χ2n) is 7.45. The maximum Gasteiger partial charge on any atom is 0.290 e. The number of carbonyl (C=O) groups excluding carboxylic acids is 1. The minimum atomic E-state index is -0.282. The molecule has 7 heteroatoms. The molecule has 7 nitrogen and oxygen atoms in total. The van der Waals surface area contributed by atoms with E-state index in [1.54, 1.807) is 23.1 Å². The van der Waals surface area contributed by atoms with Gasteiger partial charge in [0.15, 0.2) is 0 Å². The maximum absolute atomic E-state index is 12.4. The zero-order chi connectivity index (χ0) is 21.1. The molecule has 0 unspecified atom stereocenters. The maximum atomic E-state index is 12.4. The minimum absolute atomic E-state index is 0.208. The van der Waals surface area contributed by atoms with E-state index in [2.05, 4.69) is 20.6 Å². The lowest BCUT2D eigenvalue weighted by atomic mass is 10.0. The van der Waals surface area contributed by atoms with Gasteiger partial charge in [-0.05, 0) is 35.2 Å². The van der Waals surface area contributed by atoms with Gasteiger partial charge in [0.2, 0.25) is 5.76 Å². The fourth-order valence-corrected chi connectivity index (χ4v) is 3.21. The number of carbonyl (C=O) groups is 1. The molecule has 152 valence electrons. The first kappa shape index (κ1) is 19.6. The summed E-state index contributed by atoms with van der Waals surface area (Å²) in [7, 11) is 1.90. The van der Waals surface area contributed by atoms with E-state index in [1.807, 2.05) is 63.5 Å². The van der Waals surface area contributed by atoms with Crippen LogP contribution in [0.2, 0.25) is 0 Å². The third-order valence-corrected chi connectivity index (χ3v) is 4.82. The molecule has 0 aliphatic carbocycles. The Morgan fingerprint density at radius 2 is 1.93 bits per heavy atom. The summed E-state index contributed by atoms with van der Waals surface area (Å²) in [6.45, 7) is 4.38. The molecule has 0 bridgehead atoms. The van der Waals surface area contributed by atoms with Crippen LogP contribution in [0.25, 0.3) is 22.4 Å². The van der Waals surface area contributed by atoms with E-state index in [1.165, 1.54) is 0 Å². The van der Waals surface area contributed by atoms with Crippen molar-refractivity contribution in [3.63, 3.8) is 0 Å². The highest BCUT2D eigenvalue weighted by Crippen LogP contribution is 2.30. The molecule has 0 atom stereocenters. The molecule has 3 aromatic heterocycles. The van der Waals surface area contributed by atoms with Crippen molar-refractivity contribution in [2.45, 2.75) is 26.3 Å². The largest absolute Gasteiger partial charge is 0.351 e. The van der Waals surface area contributed by atoms with E-state index < -0.39 is 0 Å². The molecule has 0 spiro atoms. The highest BCUT2D eigenvalue weighted by Gasteiger charge is 2.15. The molecule has 0 radical (unpaired) electrons. The van der Waals surface area contributed by atoms with Gasteiger partial charge >= 0.3 is 0 Å². The first-order valence-electron chi connectivity index (χ1n) is 9.79. The Morgan fingerprint density at radius 3 is 2.67 bits per heavy atom. The van der Waals surface area contributed by atoms with Crippen LogP contribution in [0, 0.1) is 0 Å². The van der Waals surface area contributed by atoms with Gasteiger partial charge in [0, 0.05) is 49.4 Å². The van der Waals surface area contributed by atoms with Crippen LogP contribution in [0.4, 0.5) is 0 Å². The summed E-state index contributed by atoms with van der Waals surface area (Å²) >= 11 is 0. The second kappa shape index (κ2) is 8.32. The van der Waals surface area contributed by atoms with Crippen molar-refractivity contribution in [3.05, 3.63) is 78.1 Å². The quantitative estimate of drug-likeness (QED) is 0.524. The molecule has 4 rings (SSSR count). The van der Waals surface area contributed by atoms with Gasteiger partial charge in [-0.1, -0.05) is 37.2 Å². The number of pyridine rings is 1. The van der Waals surface area contributed by atoms with Crippen LogP contribution < -0.4 is 5.32 Å². The lowest BCUT2D eigenvalue weighted by Gasteiger charge is -2.07.